The van der Waals surface area contributed by atoms with Crippen LogP contribution in [-0.2, 0) is 17.8 Å². The Balaban J connectivity index is 1.69. The minimum Gasteiger partial charge on any atom is -0.489 e. The minimum absolute atomic E-state index is 0.143. The molecule has 0 aliphatic heterocycles. The molecule has 3 rings (SSSR count). The Morgan fingerprint density at radius 1 is 0.926 bits per heavy atom. The van der Waals surface area contributed by atoms with Crippen LogP contribution in [-0.4, -0.2) is 10.8 Å². The maximum absolute atomic E-state index is 12.2. The zero-order valence-corrected chi connectivity index (χ0v) is 14.5. The molecule has 6 nitrogen and oxygen atoms in total. The smallest absolute Gasteiger partial charge is 0.296 e. The third kappa shape index (κ3) is 5.15. The first kappa shape index (κ1) is 18.1. The lowest BCUT2D eigenvalue weighted by molar-refractivity contribution is -0.384. The van der Waals surface area contributed by atoms with Crippen molar-refractivity contribution in [2.24, 2.45) is 0 Å². The van der Waals surface area contributed by atoms with E-state index in [2.05, 4.69) is 5.32 Å². The van der Waals surface area contributed by atoms with Crippen LogP contribution in [0.4, 0.5) is 11.4 Å². The molecule has 3 aromatic carbocycles. The predicted octanol–water partition coefficient (Wildman–Crippen LogP) is 4.36. The van der Waals surface area contributed by atoms with Gasteiger partial charge in [0, 0.05) is 0 Å². The van der Waals surface area contributed by atoms with Gasteiger partial charge >= 0.3 is 0 Å². The number of rotatable bonds is 7. The zero-order valence-electron chi connectivity index (χ0n) is 14.5. The molecule has 0 bridgehead atoms. The molecule has 1 amide bonds. The molecule has 0 spiro atoms. The molecule has 0 aromatic heterocycles. The number of nitrogens with zero attached hydrogens (tertiary/aromatic N) is 1. The highest BCUT2D eigenvalue weighted by Gasteiger charge is 2.17. The summed E-state index contributed by atoms with van der Waals surface area (Å²) in [5.41, 5.74) is 1.73. The molecule has 0 heterocycles. The fourth-order valence-electron chi connectivity index (χ4n) is 2.57. The van der Waals surface area contributed by atoms with Gasteiger partial charge in [0.25, 0.3) is 5.69 Å². The molecule has 6 heteroatoms. The molecule has 136 valence electrons. The molecule has 0 aliphatic rings. The largest absolute Gasteiger partial charge is 0.489 e. The van der Waals surface area contributed by atoms with Gasteiger partial charge in [0.1, 0.15) is 18.0 Å². The van der Waals surface area contributed by atoms with Gasteiger partial charge in [0.05, 0.1) is 17.4 Å². The van der Waals surface area contributed by atoms with Crippen molar-refractivity contribution >= 4 is 17.3 Å². The minimum atomic E-state index is -0.534. The number of ether oxygens (including phenoxy) is 1. The fraction of sp³-hybridized carbons (Fsp3) is 0.0952. The number of hydrogen-bond donors (Lipinski definition) is 1. The summed E-state index contributed by atoms with van der Waals surface area (Å²) < 4.78 is 5.62. The van der Waals surface area contributed by atoms with Crippen LogP contribution >= 0.6 is 0 Å². The van der Waals surface area contributed by atoms with Gasteiger partial charge in [-0.15, -0.1) is 0 Å². The number of anilines is 1. The maximum Gasteiger partial charge on any atom is 0.296 e. The lowest BCUT2D eigenvalue weighted by Gasteiger charge is -2.09. The Hall–Kier alpha value is -3.67. The summed E-state index contributed by atoms with van der Waals surface area (Å²) in [7, 11) is 0. The SMILES string of the molecule is O=C(Cc1ccccc1)Nc1ccc(OCc2ccccc2)cc1[N+](=O)[O-]. The summed E-state index contributed by atoms with van der Waals surface area (Å²) in [6.07, 6.45) is 0.143. The number of hydrogen-bond acceptors (Lipinski definition) is 4. The van der Waals surface area contributed by atoms with Crippen molar-refractivity contribution in [1.82, 2.24) is 0 Å². The number of carbonyl (C=O) groups excluding carboxylic acids is 1. The summed E-state index contributed by atoms with van der Waals surface area (Å²) in [6, 6.07) is 23.1. The first-order chi connectivity index (χ1) is 13.1. The van der Waals surface area contributed by atoms with Crippen LogP contribution in [0.1, 0.15) is 11.1 Å². The van der Waals surface area contributed by atoms with E-state index in [9.17, 15) is 14.9 Å². The highest BCUT2D eigenvalue weighted by atomic mass is 16.6. The molecule has 0 saturated heterocycles. The first-order valence-corrected chi connectivity index (χ1v) is 8.41. The third-order valence-corrected chi connectivity index (χ3v) is 3.90. The molecule has 1 N–H and O–H groups in total. The van der Waals surface area contributed by atoms with Crippen molar-refractivity contribution in [3.8, 4) is 5.75 Å². The maximum atomic E-state index is 12.2. The molecule has 3 aromatic rings. The van der Waals surface area contributed by atoms with Gasteiger partial charge in [-0.25, -0.2) is 0 Å². The third-order valence-electron chi connectivity index (χ3n) is 3.90. The quantitative estimate of drug-likeness (QED) is 0.500. The molecule has 0 fully saturated rings. The van der Waals surface area contributed by atoms with E-state index in [4.69, 9.17) is 4.74 Å². The van der Waals surface area contributed by atoms with Gasteiger partial charge < -0.3 is 10.1 Å². The highest BCUT2D eigenvalue weighted by molar-refractivity contribution is 5.94. The van der Waals surface area contributed by atoms with Gasteiger partial charge in [-0.2, -0.15) is 0 Å². The molecule has 0 radical (unpaired) electrons. The van der Waals surface area contributed by atoms with E-state index in [1.807, 2.05) is 60.7 Å². The summed E-state index contributed by atoms with van der Waals surface area (Å²) in [6.45, 7) is 0.303. The molecule has 0 unspecified atom stereocenters. The number of nitro benzene ring substituents is 1. The van der Waals surface area contributed by atoms with Crippen molar-refractivity contribution < 1.29 is 14.5 Å². The second-order valence-electron chi connectivity index (χ2n) is 5.92. The Kier molecular flexibility index (Phi) is 5.79. The van der Waals surface area contributed by atoms with E-state index in [1.54, 1.807) is 6.07 Å². The van der Waals surface area contributed by atoms with Crippen LogP contribution < -0.4 is 10.1 Å². The summed E-state index contributed by atoms with van der Waals surface area (Å²) in [5, 5.41) is 14.0. The topological polar surface area (TPSA) is 81.5 Å². The van der Waals surface area contributed by atoms with Crippen LogP contribution in [0, 0.1) is 10.1 Å². The standard InChI is InChI=1S/C21H18N2O4/c24-21(13-16-7-3-1-4-8-16)22-19-12-11-18(14-20(19)23(25)26)27-15-17-9-5-2-6-10-17/h1-12,14H,13,15H2,(H,22,24). The Bertz CT molecular complexity index is 927. The zero-order chi connectivity index (χ0) is 19.1. The van der Waals surface area contributed by atoms with Gasteiger partial charge in [0.15, 0.2) is 0 Å². The number of nitrogens with one attached hydrogen (secondary N) is 1. The van der Waals surface area contributed by atoms with E-state index in [-0.39, 0.29) is 23.7 Å². The van der Waals surface area contributed by atoms with Gasteiger partial charge in [-0.05, 0) is 23.3 Å². The number of amides is 1. The van der Waals surface area contributed by atoms with E-state index < -0.39 is 4.92 Å². The lowest BCUT2D eigenvalue weighted by atomic mass is 10.1. The monoisotopic (exact) mass is 362 g/mol. The number of benzene rings is 3. The van der Waals surface area contributed by atoms with Crippen molar-refractivity contribution in [2.45, 2.75) is 13.0 Å². The molecule has 27 heavy (non-hydrogen) atoms. The molecule has 0 saturated carbocycles. The van der Waals surface area contributed by atoms with Crippen LogP contribution in [0.2, 0.25) is 0 Å². The van der Waals surface area contributed by atoms with Crippen molar-refractivity contribution in [3.05, 3.63) is 100 Å². The normalized spacial score (nSPS) is 10.2. The van der Waals surface area contributed by atoms with Crippen LogP contribution in [0.3, 0.4) is 0 Å². The molecular weight excluding hydrogens is 344 g/mol. The van der Waals surface area contributed by atoms with Gasteiger partial charge in [-0.1, -0.05) is 60.7 Å². The summed E-state index contributed by atoms with van der Waals surface area (Å²) >= 11 is 0. The second-order valence-corrected chi connectivity index (χ2v) is 5.92. The Labute approximate surface area is 156 Å². The van der Waals surface area contributed by atoms with Crippen LogP contribution in [0.25, 0.3) is 0 Å². The molecule has 0 aliphatic carbocycles. The van der Waals surface area contributed by atoms with Crippen molar-refractivity contribution in [3.63, 3.8) is 0 Å². The number of carbonyl (C=O) groups is 1. The fourth-order valence-corrected chi connectivity index (χ4v) is 2.57. The summed E-state index contributed by atoms with van der Waals surface area (Å²) in [5.74, 6) is 0.0499. The lowest BCUT2D eigenvalue weighted by Crippen LogP contribution is -2.15. The van der Waals surface area contributed by atoms with Gasteiger partial charge in [0.2, 0.25) is 5.91 Å². The Morgan fingerprint density at radius 3 is 2.19 bits per heavy atom. The van der Waals surface area contributed by atoms with Gasteiger partial charge in [-0.3, -0.25) is 14.9 Å². The Morgan fingerprint density at radius 2 is 1.56 bits per heavy atom. The molecule has 0 atom stereocenters. The van der Waals surface area contributed by atoms with Crippen LogP contribution in [0.5, 0.6) is 5.75 Å². The van der Waals surface area contributed by atoms with Crippen molar-refractivity contribution in [1.29, 1.82) is 0 Å². The average Bonchev–Trinajstić information content (AvgIpc) is 2.68. The predicted molar refractivity (Wildman–Crippen MR) is 103 cm³/mol. The van der Waals surface area contributed by atoms with E-state index in [0.29, 0.717) is 12.4 Å². The van der Waals surface area contributed by atoms with E-state index in [0.717, 1.165) is 11.1 Å². The average molecular weight is 362 g/mol. The van der Waals surface area contributed by atoms with E-state index >= 15 is 0 Å². The van der Waals surface area contributed by atoms with Crippen molar-refractivity contribution in [2.75, 3.05) is 5.32 Å². The first-order valence-electron chi connectivity index (χ1n) is 8.41. The second kappa shape index (κ2) is 8.62. The number of nitro groups is 1. The van der Waals surface area contributed by atoms with Crippen LogP contribution in [0.15, 0.2) is 78.9 Å². The summed E-state index contributed by atoms with van der Waals surface area (Å²) in [4.78, 5) is 23.0. The molecular formula is C21H18N2O4. The van der Waals surface area contributed by atoms with E-state index in [1.165, 1.54) is 12.1 Å². The highest BCUT2D eigenvalue weighted by Crippen LogP contribution is 2.29.